The average molecular weight is 391 g/mol. The Labute approximate surface area is 165 Å². The molecule has 1 N–H and O–H groups in total. The van der Waals surface area contributed by atoms with Gasteiger partial charge in [-0.2, -0.15) is 0 Å². The largest absolute Gasteiger partial charge is 0.353 e. The van der Waals surface area contributed by atoms with Crippen molar-refractivity contribution < 1.29 is 9.59 Å². The molecule has 7 heteroatoms. The number of nitrogens with one attached hydrogen (secondary N) is 1. The predicted molar refractivity (Wildman–Crippen MR) is 107 cm³/mol. The van der Waals surface area contributed by atoms with E-state index >= 15 is 0 Å². The summed E-state index contributed by atoms with van der Waals surface area (Å²) in [6.45, 7) is 5.18. The highest BCUT2D eigenvalue weighted by Gasteiger charge is 2.31. The number of carbonyl (C=O) groups excluding carboxylic acids is 2. The molecule has 1 saturated carbocycles. The highest BCUT2D eigenvalue weighted by Crippen LogP contribution is 2.34. The maximum Gasteiger partial charge on any atom is 0.223 e. The van der Waals surface area contributed by atoms with Crippen molar-refractivity contribution in [1.29, 1.82) is 0 Å². The predicted octanol–water partition coefficient (Wildman–Crippen LogP) is 2.37. The molecular weight excluding hydrogens is 360 g/mol. The maximum absolute atomic E-state index is 12.6. The van der Waals surface area contributed by atoms with Crippen LogP contribution in [-0.2, 0) is 22.4 Å². The van der Waals surface area contributed by atoms with Gasteiger partial charge in [0.15, 0.2) is 5.13 Å². The van der Waals surface area contributed by atoms with Crippen LogP contribution < -0.4 is 10.2 Å². The van der Waals surface area contributed by atoms with Gasteiger partial charge in [-0.05, 0) is 32.1 Å². The van der Waals surface area contributed by atoms with Gasteiger partial charge in [0.25, 0.3) is 0 Å². The molecule has 2 heterocycles. The van der Waals surface area contributed by atoms with Crippen molar-refractivity contribution >= 4 is 28.3 Å². The summed E-state index contributed by atoms with van der Waals surface area (Å²) in [6, 6.07) is 0.401. The molecule has 2 aliphatic carbocycles. The molecule has 1 aliphatic heterocycles. The summed E-state index contributed by atoms with van der Waals surface area (Å²) in [4.78, 5) is 34.9. The Morgan fingerprint density at radius 3 is 2.59 bits per heavy atom. The van der Waals surface area contributed by atoms with Gasteiger partial charge >= 0.3 is 0 Å². The van der Waals surface area contributed by atoms with Crippen molar-refractivity contribution in [1.82, 2.24) is 15.2 Å². The van der Waals surface area contributed by atoms with Crippen molar-refractivity contribution in [3.63, 3.8) is 0 Å². The summed E-state index contributed by atoms with van der Waals surface area (Å²) < 4.78 is 0. The average Bonchev–Trinajstić information content (AvgIpc) is 3.36. The van der Waals surface area contributed by atoms with Crippen LogP contribution in [0.2, 0.25) is 0 Å². The van der Waals surface area contributed by atoms with Crippen molar-refractivity contribution in [2.24, 2.45) is 5.92 Å². The molecule has 6 nitrogen and oxygen atoms in total. The van der Waals surface area contributed by atoms with E-state index in [0.717, 1.165) is 63.4 Å². The Bertz CT molecular complexity index is 690. The van der Waals surface area contributed by atoms with Crippen LogP contribution >= 0.6 is 11.3 Å². The van der Waals surface area contributed by atoms with Gasteiger partial charge < -0.3 is 15.1 Å². The van der Waals surface area contributed by atoms with E-state index in [1.807, 2.05) is 11.8 Å². The minimum Gasteiger partial charge on any atom is -0.353 e. The van der Waals surface area contributed by atoms with Gasteiger partial charge in [-0.1, -0.05) is 19.8 Å². The smallest absolute Gasteiger partial charge is 0.223 e. The molecule has 27 heavy (non-hydrogen) atoms. The number of aryl methyl sites for hydroxylation is 1. The molecule has 2 amide bonds. The van der Waals surface area contributed by atoms with Crippen LogP contribution in [0.25, 0.3) is 0 Å². The molecule has 0 spiro atoms. The molecular formula is C20H30N4O2S. The van der Waals surface area contributed by atoms with E-state index in [-0.39, 0.29) is 17.7 Å². The number of hydrogen-bond acceptors (Lipinski definition) is 5. The first-order valence-electron chi connectivity index (χ1n) is 10.5. The van der Waals surface area contributed by atoms with E-state index in [2.05, 4.69) is 10.2 Å². The number of rotatable bonds is 4. The van der Waals surface area contributed by atoms with Crippen molar-refractivity contribution in [3.8, 4) is 0 Å². The summed E-state index contributed by atoms with van der Waals surface area (Å²) in [7, 11) is 0. The number of anilines is 1. The fraction of sp³-hybridized carbons (Fsp3) is 0.750. The van der Waals surface area contributed by atoms with Crippen LogP contribution in [0, 0.1) is 5.92 Å². The molecule has 0 aromatic carbocycles. The number of carbonyl (C=O) groups is 2. The van der Waals surface area contributed by atoms with Crippen LogP contribution in [0.3, 0.4) is 0 Å². The van der Waals surface area contributed by atoms with Crippen molar-refractivity contribution in [2.45, 2.75) is 64.3 Å². The zero-order valence-corrected chi connectivity index (χ0v) is 17.0. The number of hydrogen-bond donors (Lipinski definition) is 1. The van der Waals surface area contributed by atoms with Crippen LogP contribution in [0.4, 0.5) is 5.13 Å². The van der Waals surface area contributed by atoms with Crippen LogP contribution in [0.1, 0.15) is 56.0 Å². The molecule has 1 saturated heterocycles. The van der Waals surface area contributed by atoms with Gasteiger partial charge in [0.2, 0.25) is 11.8 Å². The fourth-order valence-corrected chi connectivity index (χ4v) is 5.72. The number of aromatic nitrogens is 1. The van der Waals surface area contributed by atoms with Gasteiger partial charge in [-0.15, -0.1) is 11.3 Å². The molecule has 2 fully saturated rings. The molecule has 0 bridgehead atoms. The zero-order chi connectivity index (χ0) is 18.8. The quantitative estimate of drug-likeness (QED) is 0.857. The second-order valence-corrected chi connectivity index (χ2v) is 9.08. The maximum atomic E-state index is 12.6. The Morgan fingerprint density at radius 2 is 1.89 bits per heavy atom. The molecule has 3 aliphatic rings. The van der Waals surface area contributed by atoms with E-state index < -0.39 is 0 Å². The molecule has 1 atom stereocenters. The standard InChI is InChI=1S/C20H30N4O2S/c1-2-18(25)23-9-11-24(12-10-23)20-22-16-8-7-14(13-17(16)27-20)19(26)21-15-5-3-4-6-15/h14-15H,2-13H2,1H3,(H,21,26)/t14-/m0/s1. The second kappa shape index (κ2) is 8.17. The first kappa shape index (κ1) is 18.7. The van der Waals surface area contributed by atoms with Gasteiger partial charge in [0.05, 0.1) is 5.69 Å². The van der Waals surface area contributed by atoms with Gasteiger partial charge in [-0.3, -0.25) is 9.59 Å². The fourth-order valence-electron chi connectivity index (χ4n) is 4.48. The Kier molecular flexibility index (Phi) is 5.66. The van der Waals surface area contributed by atoms with E-state index in [4.69, 9.17) is 4.98 Å². The Hall–Kier alpha value is -1.63. The highest BCUT2D eigenvalue weighted by molar-refractivity contribution is 7.15. The Balaban J connectivity index is 1.35. The topological polar surface area (TPSA) is 65.5 Å². The molecule has 148 valence electrons. The number of nitrogens with zero attached hydrogens (tertiary/aromatic N) is 3. The molecule has 1 aromatic heterocycles. The van der Waals surface area contributed by atoms with Crippen LogP contribution in [0.15, 0.2) is 0 Å². The van der Waals surface area contributed by atoms with Crippen molar-refractivity contribution in [2.75, 3.05) is 31.1 Å². The lowest BCUT2D eigenvalue weighted by atomic mass is 9.90. The van der Waals surface area contributed by atoms with Gasteiger partial charge in [0, 0.05) is 49.4 Å². The van der Waals surface area contributed by atoms with E-state index in [0.29, 0.717) is 12.5 Å². The molecule has 0 unspecified atom stereocenters. The van der Waals surface area contributed by atoms with E-state index in [1.165, 1.54) is 23.4 Å². The lowest BCUT2D eigenvalue weighted by Crippen LogP contribution is -2.48. The highest BCUT2D eigenvalue weighted by atomic mass is 32.1. The SMILES string of the molecule is CCC(=O)N1CCN(c2nc3c(s2)C[C@@H](C(=O)NC2CCCC2)CC3)CC1. The van der Waals surface area contributed by atoms with Crippen LogP contribution in [-0.4, -0.2) is 53.9 Å². The third kappa shape index (κ3) is 4.13. The summed E-state index contributed by atoms with van der Waals surface area (Å²) >= 11 is 1.75. The summed E-state index contributed by atoms with van der Waals surface area (Å²) in [5.74, 6) is 0.587. The Morgan fingerprint density at radius 1 is 1.15 bits per heavy atom. The summed E-state index contributed by atoms with van der Waals surface area (Å²) in [5.41, 5.74) is 1.19. The second-order valence-electron chi connectivity index (χ2n) is 8.02. The third-order valence-electron chi connectivity index (χ3n) is 6.21. The summed E-state index contributed by atoms with van der Waals surface area (Å²) in [6.07, 6.45) is 8.00. The normalized spacial score (nSPS) is 23.4. The van der Waals surface area contributed by atoms with E-state index in [9.17, 15) is 9.59 Å². The minimum absolute atomic E-state index is 0.102. The lowest BCUT2D eigenvalue weighted by Gasteiger charge is -2.34. The number of piperazine rings is 1. The first-order valence-corrected chi connectivity index (χ1v) is 11.3. The third-order valence-corrected chi connectivity index (χ3v) is 7.39. The number of thiazole rings is 1. The zero-order valence-electron chi connectivity index (χ0n) is 16.2. The lowest BCUT2D eigenvalue weighted by molar-refractivity contribution is -0.131. The molecule has 4 rings (SSSR count). The van der Waals surface area contributed by atoms with Crippen LogP contribution in [0.5, 0.6) is 0 Å². The number of fused-ring (bicyclic) bond motifs is 1. The number of amides is 2. The molecule has 0 radical (unpaired) electrons. The van der Waals surface area contributed by atoms with Crippen molar-refractivity contribution in [3.05, 3.63) is 10.6 Å². The van der Waals surface area contributed by atoms with Gasteiger partial charge in [-0.25, -0.2) is 4.98 Å². The van der Waals surface area contributed by atoms with Gasteiger partial charge in [0.1, 0.15) is 0 Å². The monoisotopic (exact) mass is 390 g/mol. The first-order chi connectivity index (χ1) is 13.1. The van der Waals surface area contributed by atoms with E-state index in [1.54, 1.807) is 11.3 Å². The minimum atomic E-state index is 0.102. The molecule has 1 aromatic rings. The summed E-state index contributed by atoms with van der Waals surface area (Å²) in [5, 5.41) is 4.34.